The smallest absolute Gasteiger partial charge is 0.153 e. The maximum atomic E-state index is 9.99. The summed E-state index contributed by atoms with van der Waals surface area (Å²) in [6.07, 6.45) is 0. The van der Waals surface area contributed by atoms with Gasteiger partial charge >= 0.3 is 0 Å². The number of phenolic OH excluding ortho intramolecular Hbond substituents is 1. The van der Waals surface area contributed by atoms with Gasteiger partial charge in [0.2, 0.25) is 0 Å². The first-order valence-corrected chi connectivity index (χ1v) is 6.50. The van der Waals surface area contributed by atoms with Crippen LogP contribution in [0.3, 0.4) is 0 Å². The highest BCUT2D eigenvalue weighted by Crippen LogP contribution is 2.42. The van der Waals surface area contributed by atoms with Gasteiger partial charge in [-0.25, -0.2) is 0 Å². The van der Waals surface area contributed by atoms with Gasteiger partial charge in [0.1, 0.15) is 11.3 Å². The Balaban J connectivity index is 2.32. The normalized spacial score (nSPS) is 11.0. The second kappa shape index (κ2) is 4.34. The SMILES string of the molecule is Oc1c(Cl)cccc1-c1oc2ccccc2c1Br. The third kappa shape index (κ3) is 1.71. The minimum absolute atomic E-state index is 0.0268. The Morgan fingerprint density at radius 3 is 2.61 bits per heavy atom. The molecule has 4 heteroatoms. The van der Waals surface area contributed by atoms with E-state index in [1.165, 1.54) is 0 Å². The lowest BCUT2D eigenvalue weighted by atomic mass is 10.1. The number of para-hydroxylation sites is 2. The topological polar surface area (TPSA) is 33.4 Å². The zero-order valence-corrected chi connectivity index (χ0v) is 11.5. The highest BCUT2D eigenvalue weighted by atomic mass is 79.9. The van der Waals surface area contributed by atoms with Crippen LogP contribution in [0.1, 0.15) is 0 Å². The lowest BCUT2D eigenvalue weighted by Crippen LogP contribution is -1.78. The van der Waals surface area contributed by atoms with Gasteiger partial charge in [-0.3, -0.25) is 0 Å². The molecule has 3 rings (SSSR count). The van der Waals surface area contributed by atoms with Gasteiger partial charge in [-0.05, 0) is 40.2 Å². The minimum Gasteiger partial charge on any atom is -0.506 e. The van der Waals surface area contributed by atoms with Crippen molar-refractivity contribution in [2.45, 2.75) is 0 Å². The first kappa shape index (κ1) is 11.6. The van der Waals surface area contributed by atoms with Gasteiger partial charge in [0.25, 0.3) is 0 Å². The molecule has 0 aliphatic heterocycles. The fourth-order valence-corrected chi connectivity index (χ4v) is 2.68. The van der Waals surface area contributed by atoms with Crippen molar-refractivity contribution < 1.29 is 9.52 Å². The van der Waals surface area contributed by atoms with Crippen LogP contribution in [0.4, 0.5) is 0 Å². The Kier molecular flexibility index (Phi) is 2.80. The van der Waals surface area contributed by atoms with Crippen molar-refractivity contribution in [2.24, 2.45) is 0 Å². The van der Waals surface area contributed by atoms with Crippen LogP contribution in [0.5, 0.6) is 5.75 Å². The Morgan fingerprint density at radius 1 is 1.06 bits per heavy atom. The molecule has 0 unspecified atom stereocenters. The van der Waals surface area contributed by atoms with E-state index >= 15 is 0 Å². The Bertz CT molecular complexity index is 734. The van der Waals surface area contributed by atoms with Gasteiger partial charge in [0.05, 0.1) is 15.1 Å². The summed E-state index contributed by atoms with van der Waals surface area (Å²) in [5.41, 5.74) is 1.34. The van der Waals surface area contributed by atoms with E-state index < -0.39 is 0 Å². The van der Waals surface area contributed by atoms with E-state index in [2.05, 4.69) is 15.9 Å². The van der Waals surface area contributed by atoms with E-state index in [9.17, 15) is 5.11 Å². The van der Waals surface area contributed by atoms with Crippen molar-refractivity contribution in [2.75, 3.05) is 0 Å². The molecule has 18 heavy (non-hydrogen) atoms. The number of rotatable bonds is 1. The molecule has 0 spiro atoms. The van der Waals surface area contributed by atoms with Gasteiger partial charge in [-0.1, -0.05) is 29.8 Å². The molecule has 0 aliphatic rings. The van der Waals surface area contributed by atoms with E-state index in [4.69, 9.17) is 16.0 Å². The number of hydrogen-bond donors (Lipinski definition) is 1. The summed E-state index contributed by atoms with van der Waals surface area (Å²) in [7, 11) is 0. The average molecular weight is 324 g/mol. The molecule has 0 saturated carbocycles. The Morgan fingerprint density at radius 2 is 1.83 bits per heavy atom. The second-order valence-electron chi connectivity index (χ2n) is 3.88. The van der Waals surface area contributed by atoms with Crippen molar-refractivity contribution >= 4 is 38.5 Å². The summed E-state index contributed by atoms with van der Waals surface area (Å²) in [6, 6.07) is 12.8. The maximum absolute atomic E-state index is 9.99. The van der Waals surface area contributed by atoms with Gasteiger partial charge in [0, 0.05) is 5.39 Å². The third-order valence-electron chi connectivity index (χ3n) is 2.77. The quantitative estimate of drug-likeness (QED) is 0.666. The van der Waals surface area contributed by atoms with Crippen molar-refractivity contribution in [1.82, 2.24) is 0 Å². The van der Waals surface area contributed by atoms with E-state index in [0.29, 0.717) is 16.3 Å². The lowest BCUT2D eigenvalue weighted by molar-refractivity contribution is 0.475. The van der Waals surface area contributed by atoms with Crippen LogP contribution >= 0.6 is 27.5 Å². The highest BCUT2D eigenvalue weighted by Gasteiger charge is 2.17. The van der Waals surface area contributed by atoms with Gasteiger partial charge in [0.15, 0.2) is 5.76 Å². The molecule has 1 aromatic heterocycles. The van der Waals surface area contributed by atoms with E-state index in [0.717, 1.165) is 15.4 Å². The predicted octanol–water partition coefficient (Wildman–Crippen LogP) is 5.22. The van der Waals surface area contributed by atoms with Crippen LogP contribution in [0.2, 0.25) is 5.02 Å². The number of fused-ring (bicyclic) bond motifs is 1. The second-order valence-corrected chi connectivity index (χ2v) is 5.08. The van der Waals surface area contributed by atoms with Crippen LogP contribution < -0.4 is 0 Å². The maximum Gasteiger partial charge on any atom is 0.153 e. The fourth-order valence-electron chi connectivity index (χ4n) is 1.89. The Labute approximate surface area is 117 Å². The summed E-state index contributed by atoms with van der Waals surface area (Å²) in [5, 5.41) is 11.3. The number of benzene rings is 2. The zero-order valence-electron chi connectivity index (χ0n) is 9.15. The third-order valence-corrected chi connectivity index (χ3v) is 3.86. The highest BCUT2D eigenvalue weighted by molar-refractivity contribution is 9.10. The molecule has 0 saturated heterocycles. The summed E-state index contributed by atoms with van der Waals surface area (Å²) in [5.74, 6) is 0.607. The molecule has 1 N–H and O–H groups in total. The predicted molar refractivity (Wildman–Crippen MR) is 76.0 cm³/mol. The van der Waals surface area contributed by atoms with Crippen molar-refractivity contribution in [1.29, 1.82) is 0 Å². The largest absolute Gasteiger partial charge is 0.506 e. The summed E-state index contributed by atoms with van der Waals surface area (Å²) in [4.78, 5) is 0. The first-order chi connectivity index (χ1) is 8.68. The average Bonchev–Trinajstić information content (AvgIpc) is 2.71. The minimum atomic E-state index is 0.0268. The van der Waals surface area contributed by atoms with Gasteiger partial charge < -0.3 is 9.52 Å². The standard InChI is InChI=1S/C14H8BrClO2/c15-12-8-4-1-2-7-11(8)18-14(12)9-5-3-6-10(16)13(9)17/h1-7,17H. The molecule has 0 atom stereocenters. The van der Waals surface area contributed by atoms with Crippen LogP contribution in [0.15, 0.2) is 51.4 Å². The van der Waals surface area contributed by atoms with Crippen LogP contribution in [-0.4, -0.2) is 5.11 Å². The van der Waals surface area contributed by atoms with Crippen molar-refractivity contribution in [3.63, 3.8) is 0 Å². The van der Waals surface area contributed by atoms with E-state index in [1.54, 1.807) is 18.2 Å². The molecular formula is C14H8BrClO2. The van der Waals surface area contributed by atoms with Crippen molar-refractivity contribution in [3.8, 4) is 17.1 Å². The van der Waals surface area contributed by atoms with Crippen LogP contribution in [0.25, 0.3) is 22.3 Å². The zero-order chi connectivity index (χ0) is 12.7. The van der Waals surface area contributed by atoms with Crippen LogP contribution in [-0.2, 0) is 0 Å². The molecule has 0 amide bonds. The summed E-state index contributed by atoms with van der Waals surface area (Å²) in [6.45, 7) is 0. The number of furan rings is 1. The summed E-state index contributed by atoms with van der Waals surface area (Å²) < 4.78 is 6.57. The molecular weight excluding hydrogens is 316 g/mol. The molecule has 90 valence electrons. The number of aromatic hydroxyl groups is 1. The van der Waals surface area contributed by atoms with Crippen molar-refractivity contribution in [3.05, 3.63) is 52.0 Å². The van der Waals surface area contributed by atoms with Crippen LogP contribution in [0, 0.1) is 0 Å². The molecule has 0 bridgehead atoms. The molecule has 0 fully saturated rings. The fraction of sp³-hybridized carbons (Fsp3) is 0. The van der Waals surface area contributed by atoms with E-state index in [-0.39, 0.29) is 5.75 Å². The van der Waals surface area contributed by atoms with Gasteiger partial charge in [-0.15, -0.1) is 0 Å². The first-order valence-electron chi connectivity index (χ1n) is 5.33. The molecule has 3 aromatic rings. The Hall–Kier alpha value is -1.45. The number of halogens is 2. The molecule has 0 radical (unpaired) electrons. The molecule has 2 aromatic carbocycles. The number of phenols is 1. The number of hydrogen-bond acceptors (Lipinski definition) is 2. The van der Waals surface area contributed by atoms with Gasteiger partial charge in [-0.2, -0.15) is 0 Å². The molecule has 1 heterocycles. The lowest BCUT2D eigenvalue weighted by Gasteiger charge is -2.03. The monoisotopic (exact) mass is 322 g/mol. The molecule has 0 aliphatic carbocycles. The molecule has 2 nitrogen and oxygen atoms in total. The summed E-state index contributed by atoms with van der Waals surface area (Å²) >= 11 is 9.41. The van der Waals surface area contributed by atoms with E-state index in [1.807, 2.05) is 24.3 Å².